The molecule has 0 bridgehead atoms. The molecule has 0 aromatic carbocycles. The summed E-state index contributed by atoms with van der Waals surface area (Å²) in [5, 5.41) is 7.63. The first-order valence-electron chi connectivity index (χ1n) is 10.8. The number of pyridine rings is 1. The summed E-state index contributed by atoms with van der Waals surface area (Å²) in [4.78, 5) is 23.6. The summed E-state index contributed by atoms with van der Waals surface area (Å²) in [7, 11) is 4.11. The number of carbonyl (C=O) groups is 1. The summed E-state index contributed by atoms with van der Waals surface area (Å²) in [6, 6.07) is 3.86. The molecule has 166 valence electrons. The molecule has 0 radical (unpaired) electrons. The van der Waals surface area contributed by atoms with Gasteiger partial charge in [0.25, 0.3) is 5.91 Å². The predicted molar refractivity (Wildman–Crippen MR) is 119 cm³/mol. The molecule has 8 nitrogen and oxygen atoms in total. The molecule has 0 unspecified atom stereocenters. The van der Waals surface area contributed by atoms with Crippen molar-refractivity contribution in [2.24, 2.45) is 0 Å². The largest absolute Gasteiger partial charge is 0.348 e. The van der Waals surface area contributed by atoms with E-state index >= 15 is 0 Å². The first kappa shape index (κ1) is 20.6. The summed E-state index contributed by atoms with van der Waals surface area (Å²) < 4.78 is 18.2. The third kappa shape index (κ3) is 3.62. The number of nitrogens with zero attached hydrogens (tertiary/aromatic N) is 6. The summed E-state index contributed by atoms with van der Waals surface area (Å²) in [5.41, 5.74) is 4.13. The molecule has 1 saturated carbocycles. The minimum Gasteiger partial charge on any atom is -0.348 e. The van der Waals surface area contributed by atoms with Crippen molar-refractivity contribution in [3.05, 3.63) is 53.5 Å². The van der Waals surface area contributed by atoms with Crippen LogP contribution in [0.4, 0.5) is 4.39 Å². The molecule has 1 aliphatic rings. The van der Waals surface area contributed by atoms with Crippen LogP contribution in [0.25, 0.3) is 22.6 Å². The van der Waals surface area contributed by atoms with Crippen molar-refractivity contribution in [2.75, 3.05) is 14.1 Å². The Morgan fingerprint density at radius 2 is 1.94 bits per heavy atom. The van der Waals surface area contributed by atoms with Gasteiger partial charge in [0.05, 0.1) is 17.6 Å². The predicted octanol–water partition coefficient (Wildman–Crippen LogP) is 3.01. The Morgan fingerprint density at radius 3 is 2.69 bits per heavy atom. The van der Waals surface area contributed by atoms with Crippen LogP contribution in [0.5, 0.6) is 0 Å². The number of carbonyl (C=O) groups excluding carboxylic acids is 1. The molecule has 5 rings (SSSR count). The molecular formula is C23H26FN7O. The third-order valence-electron chi connectivity index (χ3n) is 6.23. The van der Waals surface area contributed by atoms with Gasteiger partial charge >= 0.3 is 0 Å². The molecular weight excluding hydrogens is 409 g/mol. The van der Waals surface area contributed by atoms with Gasteiger partial charge in [-0.3, -0.25) is 4.79 Å². The molecule has 0 saturated heterocycles. The first-order valence-corrected chi connectivity index (χ1v) is 10.8. The fourth-order valence-corrected chi connectivity index (χ4v) is 4.51. The van der Waals surface area contributed by atoms with E-state index in [4.69, 9.17) is 0 Å². The Balaban J connectivity index is 1.44. The fraction of sp³-hybridized carbons (Fsp3) is 0.391. The number of imidazole rings is 2. The monoisotopic (exact) mass is 435 g/mol. The molecule has 9 heteroatoms. The van der Waals surface area contributed by atoms with Crippen LogP contribution >= 0.6 is 0 Å². The Morgan fingerprint density at radius 1 is 1.12 bits per heavy atom. The van der Waals surface area contributed by atoms with E-state index < -0.39 is 5.82 Å². The van der Waals surface area contributed by atoms with Gasteiger partial charge in [-0.25, -0.2) is 18.9 Å². The van der Waals surface area contributed by atoms with E-state index in [0.29, 0.717) is 17.3 Å². The van der Waals surface area contributed by atoms with E-state index in [-0.39, 0.29) is 23.3 Å². The number of hydrogen-bond donors (Lipinski definition) is 1. The Hall–Kier alpha value is -3.33. The van der Waals surface area contributed by atoms with Crippen LogP contribution < -0.4 is 5.32 Å². The molecule has 1 N–H and O–H groups in total. The van der Waals surface area contributed by atoms with Gasteiger partial charge in [-0.2, -0.15) is 5.10 Å². The molecule has 32 heavy (non-hydrogen) atoms. The molecule has 4 aromatic heterocycles. The second-order valence-corrected chi connectivity index (χ2v) is 8.90. The summed E-state index contributed by atoms with van der Waals surface area (Å²) >= 11 is 0. The van der Waals surface area contributed by atoms with Gasteiger partial charge in [-0.1, -0.05) is 0 Å². The van der Waals surface area contributed by atoms with Gasteiger partial charge in [0.1, 0.15) is 5.69 Å². The van der Waals surface area contributed by atoms with Gasteiger partial charge < -0.3 is 14.6 Å². The smallest absolute Gasteiger partial charge is 0.271 e. The van der Waals surface area contributed by atoms with E-state index in [1.165, 1.54) is 6.07 Å². The lowest BCUT2D eigenvalue weighted by Gasteiger charge is -2.19. The lowest BCUT2D eigenvalue weighted by atomic mass is 10.1. The molecule has 2 atom stereocenters. The average Bonchev–Trinajstić information content (AvgIpc) is 3.45. The lowest BCUT2D eigenvalue weighted by molar-refractivity contribution is 0.0932. The zero-order valence-corrected chi connectivity index (χ0v) is 18.6. The highest BCUT2D eigenvalue weighted by atomic mass is 19.1. The van der Waals surface area contributed by atoms with Gasteiger partial charge in [-0.05, 0) is 64.9 Å². The number of nitrogens with one attached hydrogen (secondary N) is 1. The van der Waals surface area contributed by atoms with Crippen LogP contribution in [0.1, 0.15) is 41.0 Å². The van der Waals surface area contributed by atoms with Crippen molar-refractivity contribution < 1.29 is 9.18 Å². The van der Waals surface area contributed by atoms with Crippen LogP contribution in [0, 0.1) is 19.7 Å². The number of halogens is 1. The Kier molecular flexibility index (Phi) is 4.93. The molecule has 4 aromatic rings. The van der Waals surface area contributed by atoms with Gasteiger partial charge in [0, 0.05) is 30.0 Å². The van der Waals surface area contributed by atoms with E-state index in [1.54, 1.807) is 21.3 Å². The number of aromatic nitrogens is 5. The van der Waals surface area contributed by atoms with E-state index in [0.717, 1.165) is 36.2 Å². The minimum atomic E-state index is -0.503. The second kappa shape index (κ2) is 7.67. The van der Waals surface area contributed by atoms with E-state index in [2.05, 4.69) is 39.4 Å². The minimum absolute atomic E-state index is 0.109. The quantitative estimate of drug-likeness (QED) is 0.533. The molecule has 0 aliphatic heterocycles. The van der Waals surface area contributed by atoms with Crippen LogP contribution in [0.3, 0.4) is 0 Å². The highest BCUT2D eigenvalue weighted by Gasteiger charge is 2.28. The first-order chi connectivity index (χ1) is 15.3. The van der Waals surface area contributed by atoms with Gasteiger partial charge in [0.2, 0.25) is 0 Å². The highest BCUT2D eigenvalue weighted by molar-refractivity contribution is 5.93. The van der Waals surface area contributed by atoms with E-state index in [9.17, 15) is 9.18 Å². The van der Waals surface area contributed by atoms with Crippen LogP contribution in [-0.2, 0) is 0 Å². The van der Waals surface area contributed by atoms with Crippen molar-refractivity contribution in [3.63, 3.8) is 0 Å². The number of amides is 1. The maximum Gasteiger partial charge on any atom is 0.271 e. The van der Waals surface area contributed by atoms with Gasteiger partial charge in [-0.15, -0.1) is 0 Å². The highest BCUT2D eigenvalue weighted by Crippen LogP contribution is 2.25. The van der Waals surface area contributed by atoms with Crippen molar-refractivity contribution in [1.29, 1.82) is 0 Å². The molecule has 1 amide bonds. The van der Waals surface area contributed by atoms with Crippen molar-refractivity contribution >= 4 is 17.2 Å². The second-order valence-electron chi connectivity index (χ2n) is 8.90. The average molecular weight is 436 g/mol. The number of fused-ring (bicyclic) bond motifs is 2. The lowest BCUT2D eigenvalue weighted by Crippen LogP contribution is -2.35. The van der Waals surface area contributed by atoms with Crippen molar-refractivity contribution in [1.82, 2.24) is 34.2 Å². The van der Waals surface area contributed by atoms with Gasteiger partial charge in [0.15, 0.2) is 17.1 Å². The normalized spacial score (nSPS) is 18.8. The fourth-order valence-electron chi connectivity index (χ4n) is 4.51. The zero-order chi connectivity index (χ0) is 22.6. The summed E-state index contributed by atoms with van der Waals surface area (Å²) in [6.07, 6.45) is 8.05. The van der Waals surface area contributed by atoms with Crippen LogP contribution in [0.2, 0.25) is 0 Å². The molecule has 1 fully saturated rings. The zero-order valence-electron chi connectivity index (χ0n) is 18.6. The Labute approximate surface area is 185 Å². The maximum atomic E-state index is 14.9. The topological polar surface area (TPSA) is 79.8 Å². The summed E-state index contributed by atoms with van der Waals surface area (Å²) in [6.45, 7) is 3.86. The van der Waals surface area contributed by atoms with Crippen molar-refractivity contribution in [3.8, 4) is 11.3 Å². The molecule has 1 aliphatic carbocycles. The number of aryl methyl sites for hydroxylation is 2. The molecule has 4 heterocycles. The van der Waals surface area contributed by atoms with Crippen LogP contribution in [0.15, 0.2) is 30.7 Å². The Bertz CT molecular complexity index is 1340. The summed E-state index contributed by atoms with van der Waals surface area (Å²) in [5.74, 6) is -0.778. The SMILES string of the molecule is Cc1cn2nc(-c3cc(F)c4nc(C(=O)N[C@@H]5CC[C@H](N(C)C)C5)cn4c3)cc(C)c2n1. The molecule has 0 spiro atoms. The van der Waals surface area contributed by atoms with E-state index in [1.807, 2.05) is 26.1 Å². The maximum absolute atomic E-state index is 14.9. The standard InChI is InChI=1S/C23H26FN7O/c1-13-7-19(28-31-10-14(2)25-21(13)31)15-8-18(24)22-27-20(12-30(22)11-15)23(32)26-16-5-6-17(9-16)29(3)4/h7-8,10-12,16-17H,5-6,9H2,1-4H3,(H,26,32)/t16-,17+/m1/s1. The number of rotatable bonds is 4. The van der Waals surface area contributed by atoms with Crippen LogP contribution in [-0.4, -0.2) is 61.0 Å². The third-order valence-corrected chi connectivity index (χ3v) is 6.23. The van der Waals surface area contributed by atoms with Crippen molar-refractivity contribution in [2.45, 2.75) is 45.2 Å². The number of hydrogen-bond acceptors (Lipinski definition) is 5.